The lowest BCUT2D eigenvalue weighted by atomic mass is 10.2. The van der Waals surface area contributed by atoms with Gasteiger partial charge in [0.2, 0.25) is 0 Å². The molecule has 0 amide bonds. The lowest BCUT2D eigenvalue weighted by Gasteiger charge is -2.09. The zero-order valence-corrected chi connectivity index (χ0v) is 13.0. The summed E-state index contributed by atoms with van der Waals surface area (Å²) in [6, 6.07) is 13.9. The molecule has 0 aliphatic heterocycles. The maximum Gasteiger partial charge on any atom is 0.311 e. The third-order valence-electron chi connectivity index (χ3n) is 3.74. The van der Waals surface area contributed by atoms with Crippen LogP contribution in [0.2, 0.25) is 0 Å². The number of nitrogens with one attached hydrogen (secondary N) is 1. The molecule has 0 atom stereocenters. The first kappa shape index (κ1) is 13.8. The molecule has 2 aromatic carbocycles. The summed E-state index contributed by atoms with van der Waals surface area (Å²) in [4.78, 5) is 7.43. The van der Waals surface area contributed by atoms with E-state index in [-0.39, 0.29) is 10.9 Å². The second-order valence-corrected chi connectivity index (χ2v) is 6.87. The fourth-order valence-corrected chi connectivity index (χ4v) is 4.09. The van der Waals surface area contributed by atoms with Crippen LogP contribution < -0.4 is 4.74 Å². The van der Waals surface area contributed by atoms with E-state index in [9.17, 15) is 8.42 Å². The van der Waals surface area contributed by atoms with Crippen LogP contribution in [0.25, 0.3) is 21.9 Å². The fraction of sp³-hybridized carbons (Fsp3) is 0.0625. The number of para-hydroxylation sites is 2. The topological polar surface area (TPSA) is 77.0 Å². The largest absolute Gasteiger partial charge is 0.467 e. The van der Waals surface area contributed by atoms with Crippen LogP contribution in [0.5, 0.6) is 6.01 Å². The van der Waals surface area contributed by atoms with Gasteiger partial charge in [0, 0.05) is 11.7 Å². The van der Waals surface area contributed by atoms with Crippen LogP contribution >= 0.6 is 0 Å². The molecule has 0 fully saturated rings. The maximum absolute atomic E-state index is 13.1. The van der Waals surface area contributed by atoms with E-state index in [2.05, 4.69) is 9.97 Å². The summed E-state index contributed by atoms with van der Waals surface area (Å²) >= 11 is 0. The molecule has 0 saturated heterocycles. The van der Waals surface area contributed by atoms with Crippen LogP contribution in [-0.2, 0) is 10.0 Å². The third kappa shape index (κ3) is 2.01. The van der Waals surface area contributed by atoms with Crippen molar-refractivity contribution >= 4 is 32.0 Å². The van der Waals surface area contributed by atoms with Crippen LogP contribution in [0.15, 0.2) is 59.6 Å². The summed E-state index contributed by atoms with van der Waals surface area (Å²) < 4.78 is 32.5. The number of methoxy groups -OCH3 is 1. The molecule has 4 rings (SSSR count). The SMILES string of the molecule is COc1nc2ccccc2n1S(=O)(=O)c1ccc2cc[nH]c2c1. The molecule has 1 N–H and O–H groups in total. The summed E-state index contributed by atoms with van der Waals surface area (Å²) in [7, 11) is -2.42. The number of hydrogen-bond donors (Lipinski definition) is 1. The average Bonchev–Trinajstić information content (AvgIpc) is 3.17. The molecule has 2 aromatic heterocycles. The van der Waals surface area contributed by atoms with Gasteiger partial charge in [-0.05, 0) is 35.7 Å². The Labute approximate surface area is 132 Å². The third-order valence-corrected chi connectivity index (χ3v) is 5.42. The number of H-pyrrole nitrogens is 1. The van der Waals surface area contributed by atoms with Gasteiger partial charge in [0.15, 0.2) is 0 Å². The van der Waals surface area contributed by atoms with Crippen molar-refractivity contribution in [1.82, 2.24) is 13.9 Å². The van der Waals surface area contributed by atoms with E-state index in [1.807, 2.05) is 6.07 Å². The lowest BCUT2D eigenvalue weighted by molar-refractivity contribution is 0.378. The summed E-state index contributed by atoms with van der Waals surface area (Å²) in [6.07, 6.45) is 1.77. The van der Waals surface area contributed by atoms with Crippen LogP contribution in [0.3, 0.4) is 0 Å². The quantitative estimate of drug-likeness (QED) is 0.628. The highest BCUT2D eigenvalue weighted by Crippen LogP contribution is 2.28. The van der Waals surface area contributed by atoms with Crippen molar-refractivity contribution in [1.29, 1.82) is 0 Å². The van der Waals surface area contributed by atoms with Gasteiger partial charge >= 0.3 is 6.01 Å². The van der Waals surface area contributed by atoms with E-state index in [1.165, 1.54) is 7.11 Å². The number of imidazole rings is 1. The van der Waals surface area contributed by atoms with Crippen molar-refractivity contribution in [2.75, 3.05) is 7.11 Å². The summed E-state index contributed by atoms with van der Waals surface area (Å²) in [5, 5.41) is 0.950. The van der Waals surface area contributed by atoms with Crippen LogP contribution in [0.1, 0.15) is 0 Å². The van der Waals surface area contributed by atoms with Gasteiger partial charge in [-0.2, -0.15) is 8.96 Å². The number of hydrogen-bond acceptors (Lipinski definition) is 4. The molecule has 7 heteroatoms. The molecule has 0 unspecified atom stereocenters. The van der Waals surface area contributed by atoms with E-state index >= 15 is 0 Å². The molecule has 23 heavy (non-hydrogen) atoms. The molecule has 0 aliphatic rings. The smallest absolute Gasteiger partial charge is 0.311 e. The van der Waals surface area contributed by atoms with Gasteiger partial charge < -0.3 is 9.72 Å². The highest BCUT2D eigenvalue weighted by Gasteiger charge is 2.25. The first-order chi connectivity index (χ1) is 11.1. The van der Waals surface area contributed by atoms with Crippen molar-refractivity contribution in [2.24, 2.45) is 0 Å². The van der Waals surface area contributed by atoms with Crippen molar-refractivity contribution in [2.45, 2.75) is 4.90 Å². The Kier molecular flexibility index (Phi) is 2.92. The minimum absolute atomic E-state index is 0.0396. The Balaban J connectivity index is 2.01. The molecule has 6 nitrogen and oxygen atoms in total. The van der Waals surface area contributed by atoms with E-state index in [0.29, 0.717) is 11.0 Å². The van der Waals surface area contributed by atoms with Crippen molar-refractivity contribution < 1.29 is 13.2 Å². The first-order valence-electron chi connectivity index (χ1n) is 6.95. The Morgan fingerprint density at radius 3 is 2.78 bits per heavy atom. The van der Waals surface area contributed by atoms with Gasteiger partial charge in [0.1, 0.15) is 0 Å². The summed E-state index contributed by atoms with van der Waals surface area (Å²) in [5.74, 6) is 0. The minimum atomic E-state index is -3.83. The zero-order chi connectivity index (χ0) is 16.0. The number of rotatable bonds is 3. The Hall–Kier alpha value is -2.80. The van der Waals surface area contributed by atoms with E-state index in [1.54, 1.807) is 48.7 Å². The first-order valence-corrected chi connectivity index (χ1v) is 8.39. The van der Waals surface area contributed by atoms with E-state index in [4.69, 9.17) is 4.74 Å². The highest BCUT2D eigenvalue weighted by atomic mass is 32.2. The molecule has 0 bridgehead atoms. The Bertz CT molecular complexity index is 1130. The Morgan fingerprint density at radius 1 is 1.13 bits per heavy atom. The number of fused-ring (bicyclic) bond motifs is 2. The molecular weight excluding hydrogens is 314 g/mol. The fourth-order valence-electron chi connectivity index (χ4n) is 2.64. The molecule has 0 saturated carbocycles. The van der Waals surface area contributed by atoms with Gasteiger partial charge in [-0.1, -0.05) is 18.2 Å². The van der Waals surface area contributed by atoms with Crippen LogP contribution in [-0.4, -0.2) is 29.5 Å². The van der Waals surface area contributed by atoms with Gasteiger partial charge in [-0.25, -0.2) is 8.42 Å². The van der Waals surface area contributed by atoms with Crippen LogP contribution in [0, 0.1) is 0 Å². The van der Waals surface area contributed by atoms with Gasteiger partial charge in [-0.3, -0.25) is 0 Å². The van der Waals surface area contributed by atoms with E-state index in [0.717, 1.165) is 14.9 Å². The standard InChI is InChI=1S/C16H13N3O3S/c1-22-16-18-13-4-2-3-5-15(13)19(16)23(20,21)12-7-6-11-8-9-17-14(11)10-12/h2-10,17H,1H3. The number of aromatic amines is 1. The van der Waals surface area contributed by atoms with Gasteiger partial charge in [-0.15, -0.1) is 0 Å². The molecular formula is C16H13N3O3S. The highest BCUT2D eigenvalue weighted by molar-refractivity contribution is 7.90. The molecule has 2 heterocycles. The predicted octanol–water partition coefficient (Wildman–Crippen LogP) is 2.76. The predicted molar refractivity (Wildman–Crippen MR) is 87.2 cm³/mol. The molecule has 0 spiro atoms. The van der Waals surface area contributed by atoms with Crippen molar-refractivity contribution in [3.63, 3.8) is 0 Å². The maximum atomic E-state index is 13.1. The Morgan fingerprint density at radius 2 is 1.96 bits per heavy atom. The monoisotopic (exact) mass is 327 g/mol. The summed E-state index contributed by atoms with van der Waals surface area (Å²) in [6.45, 7) is 0. The second kappa shape index (κ2) is 4.85. The number of benzene rings is 2. The number of ether oxygens (including phenoxy) is 1. The average molecular weight is 327 g/mol. The van der Waals surface area contributed by atoms with Crippen LogP contribution in [0.4, 0.5) is 0 Å². The molecule has 0 aliphatic carbocycles. The number of nitrogens with zero attached hydrogens (tertiary/aromatic N) is 2. The van der Waals surface area contributed by atoms with Crippen molar-refractivity contribution in [3.05, 3.63) is 54.7 Å². The lowest BCUT2D eigenvalue weighted by Crippen LogP contribution is -2.14. The van der Waals surface area contributed by atoms with E-state index < -0.39 is 10.0 Å². The molecule has 4 aromatic rings. The minimum Gasteiger partial charge on any atom is -0.467 e. The number of aromatic nitrogens is 3. The zero-order valence-electron chi connectivity index (χ0n) is 12.2. The van der Waals surface area contributed by atoms with Gasteiger partial charge in [0.05, 0.1) is 23.0 Å². The van der Waals surface area contributed by atoms with Crippen molar-refractivity contribution in [3.8, 4) is 6.01 Å². The second-order valence-electron chi connectivity index (χ2n) is 5.08. The van der Waals surface area contributed by atoms with Gasteiger partial charge in [0.25, 0.3) is 10.0 Å². The molecule has 116 valence electrons. The summed E-state index contributed by atoms with van der Waals surface area (Å²) in [5.41, 5.74) is 1.80. The normalized spacial score (nSPS) is 12.0. The molecule has 0 radical (unpaired) electrons.